The highest BCUT2D eigenvalue weighted by Gasteiger charge is 2.12. The Kier molecular flexibility index (Phi) is 3.64. The molecule has 0 amide bonds. The number of nitrogens with two attached hydrogens (primary N) is 1. The van der Waals surface area contributed by atoms with Crippen molar-refractivity contribution in [1.82, 2.24) is 19.3 Å². The summed E-state index contributed by atoms with van der Waals surface area (Å²) in [7, 11) is 0. The number of aryl methyl sites for hydroxylation is 1. The van der Waals surface area contributed by atoms with E-state index in [1.54, 1.807) is 6.20 Å². The summed E-state index contributed by atoms with van der Waals surface area (Å²) in [5, 5.41) is 7.99. The van der Waals surface area contributed by atoms with Gasteiger partial charge in [0, 0.05) is 18.8 Å². The fourth-order valence-electron chi connectivity index (χ4n) is 1.09. The fourth-order valence-corrected chi connectivity index (χ4v) is 2.78. The average Bonchev–Trinajstić information content (AvgIpc) is 2.77. The first-order chi connectivity index (χ1) is 8.20. The topological polar surface area (TPSA) is 101 Å². The Morgan fingerprint density at radius 3 is 2.88 bits per heavy atom. The molecule has 0 radical (unpaired) electrons. The number of hydrogen-bond acceptors (Lipinski definition) is 7. The molecule has 6 nitrogen and oxygen atoms in total. The van der Waals surface area contributed by atoms with Crippen LogP contribution in [0, 0.1) is 5.41 Å². The van der Waals surface area contributed by atoms with Gasteiger partial charge in [-0.2, -0.15) is 4.37 Å². The van der Waals surface area contributed by atoms with Gasteiger partial charge in [0.2, 0.25) is 0 Å². The van der Waals surface area contributed by atoms with Gasteiger partial charge in [-0.15, -0.1) is 0 Å². The molecule has 0 aromatic carbocycles. The molecule has 88 valence electrons. The number of nitrogens with one attached hydrogen (secondary N) is 1. The molecule has 0 aliphatic rings. The monoisotopic (exact) mass is 266 g/mol. The van der Waals surface area contributed by atoms with Crippen LogP contribution in [0.4, 0.5) is 0 Å². The highest BCUT2D eigenvalue weighted by atomic mass is 32.2. The van der Waals surface area contributed by atoms with Crippen molar-refractivity contribution in [3.63, 3.8) is 0 Å². The predicted molar refractivity (Wildman–Crippen MR) is 66.5 cm³/mol. The van der Waals surface area contributed by atoms with Gasteiger partial charge in [0.15, 0.2) is 4.34 Å². The number of rotatable bonds is 4. The van der Waals surface area contributed by atoms with Crippen LogP contribution in [0.3, 0.4) is 0 Å². The Balaban J connectivity index is 2.26. The van der Waals surface area contributed by atoms with Crippen molar-refractivity contribution in [2.45, 2.75) is 22.7 Å². The smallest absolute Gasteiger partial charge is 0.176 e. The summed E-state index contributed by atoms with van der Waals surface area (Å²) in [6.45, 7) is 2.00. The fraction of sp³-hybridized carbons (Fsp3) is 0.222. The van der Waals surface area contributed by atoms with Crippen LogP contribution < -0.4 is 5.73 Å². The molecule has 0 aliphatic heterocycles. The molecule has 8 heteroatoms. The standard InChI is InChI=1S/C9H10N6S2/c1-2-5-14-9(17-15-5)16-8-6(7(10)11)12-3-4-13-8/h3-4H,2H2,1H3,(H3,10,11). The van der Waals surface area contributed by atoms with E-state index in [1.807, 2.05) is 6.92 Å². The molecule has 0 saturated carbocycles. The van der Waals surface area contributed by atoms with Gasteiger partial charge < -0.3 is 5.73 Å². The second kappa shape index (κ2) is 5.19. The van der Waals surface area contributed by atoms with Crippen LogP contribution in [0.25, 0.3) is 0 Å². The van der Waals surface area contributed by atoms with Gasteiger partial charge in [0.1, 0.15) is 22.4 Å². The third-order valence-electron chi connectivity index (χ3n) is 1.87. The quantitative estimate of drug-likeness (QED) is 0.639. The molecule has 2 heterocycles. The molecular weight excluding hydrogens is 256 g/mol. The van der Waals surface area contributed by atoms with Gasteiger partial charge in [-0.3, -0.25) is 5.41 Å². The summed E-state index contributed by atoms with van der Waals surface area (Å²) in [5.74, 6) is 0.714. The Morgan fingerprint density at radius 1 is 1.47 bits per heavy atom. The number of amidine groups is 1. The molecule has 0 fully saturated rings. The maximum absolute atomic E-state index is 7.41. The van der Waals surface area contributed by atoms with Gasteiger partial charge in [-0.25, -0.2) is 15.0 Å². The van der Waals surface area contributed by atoms with E-state index < -0.39 is 0 Å². The van der Waals surface area contributed by atoms with Crippen LogP contribution in [-0.4, -0.2) is 25.2 Å². The zero-order valence-electron chi connectivity index (χ0n) is 9.04. The molecule has 2 aromatic rings. The van der Waals surface area contributed by atoms with Gasteiger partial charge >= 0.3 is 0 Å². The van der Waals surface area contributed by atoms with E-state index in [-0.39, 0.29) is 5.84 Å². The number of hydrogen-bond donors (Lipinski definition) is 2. The Labute approximate surface area is 106 Å². The minimum Gasteiger partial charge on any atom is -0.382 e. The summed E-state index contributed by atoms with van der Waals surface area (Å²) in [6, 6.07) is 0. The van der Waals surface area contributed by atoms with Crippen molar-refractivity contribution in [2.24, 2.45) is 5.73 Å². The lowest BCUT2D eigenvalue weighted by molar-refractivity contribution is 0.967. The Bertz CT molecular complexity index is 538. The lowest BCUT2D eigenvalue weighted by atomic mass is 10.4. The van der Waals surface area contributed by atoms with Gasteiger partial charge in [0.05, 0.1) is 0 Å². The molecule has 0 spiro atoms. The largest absolute Gasteiger partial charge is 0.382 e. The van der Waals surface area contributed by atoms with E-state index >= 15 is 0 Å². The molecule has 0 bridgehead atoms. The van der Waals surface area contributed by atoms with Crippen molar-refractivity contribution in [3.8, 4) is 0 Å². The van der Waals surface area contributed by atoms with Gasteiger partial charge in [-0.05, 0) is 23.3 Å². The third kappa shape index (κ3) is 2.77. The summed E-state index contributed by atoms with van der Waals surface area (Å²) >= 11 is 2.64. The Hall–Kier alpha value is -1.54. The van der Waals surface area contributed by atoms with E-state index in [2.05, 4.69) is 19.3 Å². The molecule has 2 rings (SSSR count). The molecule has 0 atom stereocenters. The first kappa shape index (κ1) is 11.9. The van der Waals surface area contributed by atoms with Gasteiger partial charge in [-0.1, -0.05) is 6.92 Å². The first-order valence-electron chi connectivity index (χ1n) is 4.86. The highest BCUT2D eigenvalue weighted by molar-refractivity contribution is 8.01. The van der Waals surface area contributed by atoms with Crippen molar-refractivity contribution in [3.05, 3.63) is 23.9 Å². The maximum atomic E-state index is 7.41. The Morgan fingerprint density at radius 2 is 2.24 bits per heavy atom. The molecule has 0 aliphatic carbocycles. The summed E-state index contributed by atoms with van der Waals surface area (Å²) in [5.41, 5.74) is 5.81. The zero-order valence-corrected chi connectivity index (χ0v) is 10.7. The normalized spacial score (nSPS) is 10.4. The minimum absolute atomic E-state index is 0.0965. The third-order valence-corrected chi connectivity index (χ3v) is 3.65. The van der Waals surface area contributed by atoms with E-state index in [0.717, 1.165) is 16.6 Å². The second-order valence-electron chi connectivity index (χ2n) is 3.06. The molecule has 0 unspecified atom stereocenters. The summed E-state index contributed by atoms with van der Waals surface area (Å²) in [4.78, 5) is 12.5. The van der Waals surface area contributed by atoms with E-state index in [4.69, 9.17) is 11.1 Å². The maximum Gasteiger partial charge on any atom is 0.176 e. The minimum atomic E-state index is -0.0965. The molecule has 3 N–H and O–H groups in total. The van der Waals surface area contributed by atoms with E-state index in [0.29, 0.717) is 10.7 Å². The van der Waals surface area contributed by atoms with Crippen LogP contribution >= 0.6 is 23.3 Å². The van der Waals surface area contributed by atoms with Crippen LogP contribution in [0.5, 0.6) is 0 Å². The van der Waals surface area contributed by atoms with E-state index in [9.17, 15) is 0 Å². The lowest BCUT2D eigenvalue weighted by Gasteiger charge is -2.02. The van der Waals surface area contributed by atoms with E-state index in [1.165, 1.54) is 29.5 Å². The summed E-state index contributed by atoms with van der Waals surface area (Å²) in [6.07, 6.45) is 3.88. The molecule has 0 saturated heterocycles. The SMILES string of the molecule is CCc1nsc(Sc2nccnc2C(=N)N)n1. The van der Waals surface area contributed by atoms with Crippen LogP contribution in [0.15, 0.2) is 21.8 Å². The van der Waals surface area contributed by atoms with Crippen molar-refractivity contribution >= 4 is 29.1 Å². The van der Waals surface area contributed by atoms with Crippen LogP contribution in [-0.2, 0) is 6.42 Å². The highest BCUT2D eigenvalue weighted by Crippen LogP contribution is 2.28. The van der Waals surface area contributed by atoms with Crippen LogP contribution in [0.1, 0.15) is 18.4 Å². The lowest BCUT2D eigenvalue weighted by Crippen LogP contribution is -2.14. The predicted octanol–water partition coefficient (Wildman–Crippen LogP) is 1.33. The number of nitrogen functional groups attached to an aromatic ring is 1. The van der Waals surface area contributed by atoms with Crippen molar-refractivity contribution in [1.29, 1.82) is 5.41 Å². The number of aromatic nitrogens is 4. The average molecular weight is 266 g/mol. The zero-order chi connectivity index (χ0) is 12.3. The molecular formula is C9H10N6S2. The molecule has 17 heavy (non-hydrogen) atoms. The summed E-state index contributed by atoms with van der Waals surface area (Å²) < 4.78 is 4.96. The number of nitrogens with zero attached hydrogens (tertiary/aromatic N) is 4. The van der Waals surface area contributed by atoms with Crippen LogP contribution in [0.2, 0.25) is 0 Å². The first-order valence-corrected chi connectivity index (χ1v) is 6.45. The molecule has 2 aromatic heterocycles. The van der Waals surface area contributed by atoms with Gasteiger partial charge in [0.25, 0.3) is 0 Å². The van der Waals surface area contributed by atoms with Crippen molar-refractivity contribution < 1.29 is 0 Å². The van der Waals surface area contributed by atoms with Crippen molar-refractivity contribution in [2.75, 3.05) is 0 Å². The second-order valence-corrected chi connectivity index (χ2v) is 5.04.